The van der Waals surface area contributed by atoms with Crippen molar-refractivity contribution in [1.29, 1.82) is 5.26 Å². The van der Waals surface area contributed by atoms with Gasteiger partial charge in [-0.15, -0.1) is 0 Å². The summed E-state index contributed by atoms with van der Waals surface area (Å²) in [7, 11) is 1.99. The molecule has 1 saturated heterocycles. The minimum Gasteiger partial charge on any atom is -0.378 e. The number of aliphatic hydroxyl groups is 1. The fourth-order valence-electron chi connectivity index (χ4n) is 2.36. The van der Waals surface area contributed by atoms with Crippen molar-refractivity contribution in [2.45, 2.75) is 24.5 Å². The SMILES string of the molecule is CN1CCC(C#N)(NC(=O)C(O)c2ccccc2)CC1. The molecule has 0 aliphatic carbocycles. The molecule has 0 aromatic heterocycles. The van der Waals surface area contributed by atoms with Crippen molar-refractivity contribution >= 4 is 5.91 Å². The molecule has 0 bridgehead atoms. The van der Waals surface area contributed by atoms with Crippen LogP contribution in [0.1, 0.15) is 24.5 Å². The molecule has 5 heteroatoms. The van der Waals surface area contributed by atoms with E-state index in [2.05, 4.69) is 16.3 Å². The molecular formula is C15H19N3O2. The Hall–Kier alpha value is -1.90. The van der Waals surface area contributed by atoms with E-state index >= 15 is 0 Å². The lowest BCUT2D eigenvalue weighted by Crippen LogP contribution is -2.54. The molecule has 5 nitrogen and oxygen atoms in total. The van der Waals surface area contributed by atoms with Gasteiger partial charge in [0.2, 0.25) is 0 Å². The van der Waals surface area contributed by atoms with Crippen LogP contribution in [0.4, 0.5) is 0 Å². The topological polar surface area (TPSA) is 76.4 Å². The Labute approximate surface area is 118 Å². The van der Waals surface area contributed by atoms with Gasteiger partial charge in [-0.25, -0.2) is 0 Å². The highest BCUT2D eigenvalue weighted by Gasteiger charge is 2.36. The molecule has 1 unspecified atom stereocenters. The first-order valence-electron chi connectivity index (χ1n) is 6.71. The summed E-state index contributed by atoms with van der Waals surface area (Å²) >= 11 is 0. The molecule has 1 aromatic rings. The van der Waals surface area contributed by atoms with Crippen LogP contribution >= 0.6 is 0 Å². The third-order valence-electron chi connectivity index (χ3n) is 3.78. The lowest BCUT2D eigenvalue weighted by molar-refractivity contribution is -0.131. The summed E-state index contributed by atoms with van der Waals surface area (Å²) in [6, 6.07) is 10.9. The zero-order chi connectivity index (χ0) is 14.6. The van der Waals surface area contributed by atoms with Gasteiger partial charge in [-0.2, -0.15) is 5.26 Å². The van der Waals surface area contributed by atoms with Crippen LogP contribution in [0, 0.1) is 11.3 Å². The van der Waals surface area contributed by atoms with Gasteiger partial charge in [0.05, 0.1) is 6.07 Å². The monoisotopic (exact) mass is 273 g/mol. The van der Waals surface area contributed by atoms with Gasteiger partial charge >= 0.3 is 0 Å². The zero-order valence-electron chi connectivity index (χ0n) is 11.5. The van der Waals surface area contributed by atoms with Gasteiger partial charge in [0.1, 0.15) is 5.54 Å². The largest absolute Gasteiger partial charge is 0.378 e. The highest BCUT2D eigenvalue weighted by molar-refractivity contribution is 5.83. The average molecular weight is 273 g/mol. The van der Waals surface area contributed by atoms with Crippen molar-refractivity contribution in [3.05, 3.63) is 35.9 Å². The molecular weight excluding hydrogens is 254 g/mol. The fraction of sp³-hybridized carbons (Fsp3) is 0.467. The second-order valence-electron chi connectivity index (χ2n) is 5.30. The Morgan fingerprint density at radius 1 is 1.40 bits per heavy atom. The number of nitrogens with zero attached hydrogens (tertiary/aromatic N) is 2. The van der Waals surface area contributed by atoms with Crippen LogP contribution in [-0.2, 0) is 4.79 Å². The van der Waals surface area contributed by atoms with Gasteiger partial charge in [0.15, 0.2) is 6.10 Å². The number of hydrogen-bond acceptors (Lipinski definition) is 4. The number of likely N-dealkylation sites (tertiary alicyclic amines) is 1. The summed E-state index contributed by atoms with van der Waals surface area (Å²) in [5, 5.41) is 22.1. The second-order valence-corrected chi connectivity index (χ2v) is 5.30. The molecule has 106 valence electrons. The number of carbonyl (C=O) groups is 1. The highest BCUT2D eigenvalue weighted by Crippen LogP contribution is 2.22. The van der Waals surface area contributed by atoms with Crippen molar-refractivity contribution in [2.75, 3.05) is 20.1 Å². The quantitative estimate of drug-likeness (QED) is 0.855. The van der Waals surface area contributed by atoms with Crippen molar-refractivity contribution in [2.24, 2.45) is 0 Å². The Balaban J connectivity index is 2.05. The minimum atomic E-state index is -1.24. The molecule has 1 fully saturated rings. The summed E-state index contributed by atoms with van der Waals surface area (Å²) < 4.78 is 0. The number of aliphatic hydroxyl groups excluding tert-OH is 1. The van der Waals surface area contributed by atoms with E-state index in [-0.39, 0.29) is 0 Å². The van der Waals surface area contributed by atoms with Gasteiger partial charge in [0, 0.05) is 13.1 Å². The van der Waals surface area contributed by atoms with Gasteiger partial charge in [-0.1, -0.05) is 30.3 Å². The van der Waals surface area contributed by atoms with E-state index in [0.29, 0.717) is 18.4 Å². The third-order valence-corrected chi connectivity index (χ3v) is 3.78. The number of benzene rings is 1. The maximum atomic E-state index is 12.1. The van der Waals surface area contributed by atoms with E-state index < -0.39 is 17.6 Å². The molecule has 0 spiro atoms. The summed E-state index contributed by atoms with van der Waals surface area (Å²) in [6.07, 6.45) is -0.0818. The maximum Gasteiger partial charge on any atom is 0.254 e. The molecule has 2 rings (SSSR count). The Morgan fingerprint density at radius 3 is 2.55 bits per heavy atom. The molecule has 1 aliphatic heterocycles. The number of nitrogens with one attached hydrogen (secondary N) is 1. The van der Waals surface area contributed by atoms with Crippen molar-refractivity contribution in [3.63, 3.8) is 0 Å². The van der Waals surface area contributed by atoms with E-state index in [4.69, 9.17) is 0 Å². The average Bonchev–Trinajstić information content (AvgIpc) is 2.50. The van der Waals surface area contributed by atoms with Gasteiger partial charge in [0.25, 0.3) is 5.91 Å². The molecule has 1 aliphatic rings. The summed E-state index contributed by atoms with van der Waals surface area (Å²) in [6.45, 7) is 1.52. The van der Waals surface area contributed by atoms with E-state index in [1.54, 1.807) is 24.3 Å². The third kappa shape index (κ3) is 3.16. The van der Waals surface area contributed by atoms with E-state index in [1.165, 1.54) is 0 Å². The van der Waals surface area contributed by atoms with Crippen LogP contribution in [0.2, 0.25) is 0 Å². The van der Waals surface area contributed by atoms with Crippen LogP contribution in [0.15, 0.2) is 30.3 Å². The van der Waals surface area contributed by atoms with E-state index in [1.807, 2.05) is 13.1 Å². The van der Waals surface area contributed by atoms with Crippen LogP contribution in [-0.4, -0.2) is 41.6 Å². The molecule has 1 atom stereocenters. The van der Waals surface area contributed by atoms with Crippen LogP contribution < -0.4 is 5.32 Å². The lowest BCUT2D eigenvalue weighted by Gasteiger charge is -2.36. The van der Waals surface area contributed by atoms with Gasteiger partial charge < -0.3 is 15.3 Å². The number of amides is 1. The van der Waals surface area contributed by atoms with E-state index in [9.17, 15) is 15.2 Å². The standard InChI is InChI=1S/C15H19N3O2/c1-18-9-7-15(11-16,8-10-18)17-14(20)13(19)12-5-3-2-4-6-12/h2-6,13,19H,7-10H2,1H3,(H,17,20). The first kappa shape index (κ1) is 14.5. The summed E-state index contributed by atoms with van der Waals surface area (Å²) in [5.41, 5.74) is -0.328. The fourth-order valence-corrected chi connectivity index (χ4v) is 2.36. The van der Waals surface area contributed by atoms with Crippen molar-refractivity contribution in [1.82, 2.24) is 10.2 Å². The zero-order valence-corrected chi connectivity index (χ0v) is 11.5. The predicted octanol–water partition coefficient (Wildman–Crippen LogP) is 0.824. The summed E-state index contributed by atoms with van der Waals surface area (Å²) in [5.74, 6) is -0.512. The Morgan fingerprint density at radius 2 is 2.00 bits per heavy atom. The smallest absolute Gasteiger partial charge is 0.254 e. The Bertz CT molecular complexity index is 502. The van der Waals surface area contributed by atoms with Crippen molar-refractivity contribution in [3.8, 4) is 6.07 Å². The first-order chi connectivity index (χ1) is 9.56. The van der Waals surface area contributed by atoms with Gasteiger partial charge in [-0.05, 0) is 25.5 Å². The summed E-state index contributed by atoms with van der Waals surface area (Å²) in [4.78, 5) is 14.3. The molecule has 2 N–H and O–H groups in total. The van der Waals surface area contributed by atoms with Crippen LogP contribution in [0.25, 0.3) is 0 Å². The van der Waals surface area contributed by atoms with Gasteiger partial charge in [-0.3, -0.25) is 4.79 Å². The molecule has 0 saturated carbocycles. The highest BCUT2D eigenvalue weighted by atomic mass is 16.3. The molecule has 1 amide bonds. The number of hydrogen-bond donors (Lipinski definition) is 2. The molecule has 20 heavy (non-hydrogen) atoms. The molecule has 0 radical (unpaired) electrons. The maximum absolute atomic E-state index is 12.1. The normalized spacial score (nSPS) is 19.9. The molecule has 1 heterocycles. The van der Waals surface area contributed by atoms with E-state index in [0.717, 1.165) is 13.1 Å². The Kier molecular flexibility index (Phi) is 4.38. The number of piperidine rings is 1. The van der Waals surface area contributed by atoms with Crippen molar-refractivity contribution < 1.29 is 9.90 Å². The number of carbonyl (C=O) groups excluding carboxylic acids is 1. The predicted molar refractivity (Wildman–Crippen MR) is 74.6 cm³/mol. The van der Waals surface area contributed by atoms with Crippen LogP contribution in [0.5, 0.6) is 0 Å². The minimum absolute atomic E-state index is 0.512. The molecule has 1 aromatic carbocycles. The van der Waals surface area contributed by atoms with Crippen LogP contribution in [0.3, 0.4) is 0 Å². The second kappa shape index (κ2) is 6.04. The lowest BCUT2D eigenvalue weighted by atomic mass is 9.88. The first-order valence-corrected chi connectivity index (χ1v) is 6.71. The number of rotatable bonds is 3. The number of nitriles is 1.